The van der Waals surface area contributed by atoms with Gasteiger partial charge in [0.15, 0.2) is 0 Å². The molecule has 0 fully saturated rings. The Morgan fingerprint density at radius 2 is 1.13 bits per heavy atom. The molecule has 22 nitrogen and oxygen atoms in total. The van der Waals surface area contributed by atoms with E-state index >= 15 is 0 Å². The summed E-state index contributed by atoms with van der Waals surface area (Å²) in [5.74, 6) is -1.35. The fourth-order valence-corrected chi connectivity index (χ4v) is 1.46. The van der Waals surface area contributed by atoms with Crippen LogP contribution in [0.1, 0.15) is 19.8 Å². The molecular formula is C17H20N4O18. The second kappa shape index (κ2) is 26.2. The first-order valence-corrected chi connectivity index (χ1v) is 8.75. The molecule has 0 aliphatic heterocycles. The molecule has 0 heterocycles. The van der Waals surface area contributed by atoms with Gasteiger partial charge < -0.3 is 60.2 Å². The molecule has 3 atom stereocenters. The summed E-state index contributed by atoms with van der Waals surface area (Å²) in [4.78, 5) is 56.1. The van der Waals surface area contributed by atoms with Gasteiger partial charge in [-0.25, -0.2) is 28.8 Å². The first-order chi connectivity index (χ1) is 17.8. The van der Waals surface area contributed by atoms with Crippen LogP contribution in [0.5, 0.6) is 0 Å². The number of carboxylic acid groups (broad SMARTS) is 9. The molecule has 0 aliphatic rings. The highest BCUT2D eigenvalue weighted by molar-refractivity contribution is 5.61. The largest absolute Gasteiger partial charge is 0.510 e. The Labute approximate surface area is 216 Å². The Kier molecular flexibility index (Phi) is 28.7. The lowest BCUT2D eigenvalue weighted by molar-refractivity contribution is -0.0400. The van der Waals surface area contributed by atoms with E-state index in [9.17, 15) is 14.9 Å². The van der Waals surface area contributed by atoms with Gasteiger partial charge in [0.1, 0.15) is 24.7 Å². The summed E-state index contributed by atoms with van der Waals surface area (Å²) in [6.45, 7) is 0.816. The van der Waals surface area contributed by atoms with Gasteiger partial charge in [0.25, 0.3) is 0 Å². The van der Waals surface area contributed by atoms with Gasteiger partial charge in [-0.05, 0) is 6.92 Å². The summed E-state index contributed by atoms with van der Waals surface area (Å²) in [7, 11) is 0. The van der Waals surface area contributed by atoms with Crippen molar-refractivity contribution < 1.29 is 88.9 Å². The van der Waals surface area contributed by atoms with Crippen molar-refractivity contribution in [1.29, 1.82) is 21.0 Å². The fraction of sp³-hybridized carbons (Fsp3) is 0.412. The number of carbonyl (C=O) groups excluding carboxylic acids is 1. The zero-order valence-electron chi connectivity index (χ0n) is 19.3. The fourth-order valence-electron chi connectivity index (χ4n) is 1.46. The smallest absolute Gasteiger partial charge is 0.450 e. The van der Waals surface area contributed by atoms with Crippen molar-refractivity contribution >= 4 is 36.9 Å². The predicted molar refractivity (Wildman–Crippen MR) is 112 cm³/mol. The number of carbonyl (C=O) groups is 6. The van der Waals surface area contributed by atoms with Gasteiger partial charge in [0.05, 0.1) is 31.0 Å². The molecule has 0 radical (unpaired) electrons. The second-order valence-electron chi connectivity index (χ2n) is 5.37. The first kappa shape index (κ1) is 42.7. The van der Waals surface area contributed by atoms with E-state index < -0.39 is 74.0 Å². The third-order valence-corrected chi connectivity index (χ3v) is 2.55. The third kappa shape index (κ3) is 42.2. The molecule has 0 aromatic heterocycles. The molecule has 3 unspecified atom stereocenters. The van der Waals surface area contributed by atoms with E-state index in [4.69, 9.17) is 85.7 Å². The van der Waals surface area contributed by atoms with E-state index in [2.05, 4.69) is 9.47 Å². The zero-order valence-corrected chi connectivity index (χ0v) is 19.3. The average molecular weight is 568 g/mol. The van der Waals surface area contributed by atoms with E-state index in [0.29, 0.717) is 0 Å². The van der Waals surface area contributed by atoms with Crippen LogP contribution in [0.25, 0.3) is 0 Å². The quantitative estimate of drug-likeness (QED) is 0.199. The predicted octanol–water partition coefficient (Wildman–Crippen LogP) is 2.34. The molecule has 0 aromatic carbocycles. The number of hydrogen-bond acceptors (Lipinski definition) is 13. The van der Waals surface area contributed by atoms with Crippen molar-refractivity contribution in [1.82, 2.24) is 0 Å². The van der Waals surface area contributed by atoms with Gasteiger partial charge in [-0.1, -0.05) is 0 Å². The minimum absolute atomic E-state index is 0.433. The lowest BCUT2D eigenvalue weighted by Crippen LogP contribution is -2.41. The molecule has 0 saturated carbocycles. The lowest BCUT2D eigenvalue weighted by Gasteiger charge is -2.26. The SMILES string of the molecule is CC(COC(=O)OC(C#N)(CC#N)C(C#N)CC#N)OC(=O)O.O=C(O)O.O=C(O)O.O=C(O)O.O=C(O)O. The average Bonchev–Trinajstić information content (AvgIpc) is 2.73. The molecule has 9 N–H and O–H groups in total. The number of rotatable bonds is 7. The van der Waals surface area contributed by atoms with E-state index in [0.717, 1.165) is 0 Å². The molecule has 22 heteroatoms. The Morgan fingerprint density at radius 3 is 1.38 bits per heavy atom. The van der Waals surface area contributed by atoms with Crippen LogP contribution in [0.4, 0.5) is 28.8 Å². The molecule has 0 bridgehead atoms. The van der Waals surface area contributed by atoms with E-state index in [1.165, 1.54) is 6.92 Å². The zero-order chi connectivity index (χ0) is 32.2. The number of hydrogen-bond donors (Lipinski definition) is 9. The summed E-state index contributed by atoms with van der Waals surface area (Å²) in [6.07, 6.45) is -12.3. The van der Waals surface area contributed by atoms with Crippen LogP contribution in [0.2, 0.25) is 0 Å². The van der Waals surface area contributed by atoms with E-state index in [-0.39, 0.29) is 0 Å². The Hall–Kier alpha value is -6.42. The van der Waals surface area contributed by atoms with E-state index in [1.54, 1.807) is 24.3 Å². The Bertz CT molecular complexity index is 908. The maximum absolute atomic E-state index is 11.6. The Balaban J connectivity index is -0.000000195. The van der Waals surface area contributed by atoms with Gasteiger partial charge in [-0.3, -0.25) is 0 Å². The van der Waals surface area contributed by atoms with Gasteiger partial charge in [-0.2, -0.15) is 21.0 Å². The molecule has 0 rings (SSSR count). The highest BCUT2D eigenvalue weighted by atomic mass is 16.7. The van der Waals surface area contributed by atoms with Gasteiger partial charge in [-0.15, -0.1) is 0 Å². The maximum Gasteiger partial charge on any atom is 0.510 e. The van der Waals surface area contributed by atoms with Crippen LogP contribution in [0.15, 0.2) is 0 Å². The molecule has 0 spiro atoms. The van der Waals surface area contributed by atoms with Gasteiger partial charge in [0, 0.05) is 0 Å². The third-order valence-electron chi connectivity index (χ3n) is 2.55. The number of nitriles is 4. The number of ether oxygens (including phenoxy) is 3. The summed E-state index contributed by atoms with van der Waals surface area (Å²) in [6, 6.07) is 6.48. The van der Waals surface area contributed by atoms with Crippen LogP contribution in [0, 0.1) is 51.2 Å². The highest BCUT2D eigenvalue weighted by Gasteiger charge is 2.44. The minimum atomic E-state index is -2.16. The molecule has 0 amide bonds. The van der Waals surface area contributed by atoms with Crippen molar-refractivity contribution in [2.75, 3.05) is 6.61 Å². The number of nitrogens with zero attached hydrogens (tertiary/aromatic N) is 4. The van der Waals surface area contributed by atoms with Crippen LogP contribution in [-0.2, 0) is 14.2 Å². The van der Waals surface area contributed by atoms with Crippen molar-refractivity contribution in [3.05, 3.63) is 0 Å². The van der Waals surface area contributed by atoms with Crippen molar-refractivity contribution in [2.24, 2.45) is 5.92 Å². The van der Waals surface area contributed by atoms with Crippen LogP contribution >= 0.6 is 0 Å². The molecule has 216 valence electrons. The molecule has 0 saturated heterocycles. The van der Waals surface area contributed by atoms with Crippen LogP contribution in [0.3, 0.4) is 0 Å². The molecule has 0 aliphatic carbocycles. The topological polar surface area (TPSA) is 407 Å². The second-order valence-corrected chi connectivity index (χ2v) is 5.37. The summed E-state index contributed by atoms with van der Waals surface area (Å²) < 4.78 is 13.6. The minimum Gasteiger partial charge on any atom is -0.450 e. The normalized spacial score (nSPS) is 10.9. The Morgan fingerprint density at radius 1 is 0.744 bits per heavy atom. The van der Waals surface area contributed by atoms with Crippen molar-refractivity contribution in [3.8, 4) is 24.3 Å². The van der Waals surface area contributed by atoms with Crippen molar-refractivity contribution in [2.45, 2.75) is 31.5 Å². The summed E-state index contributed by atoms with van der Waals surface area (Å²) >= 11 is 0. The first-order valence-electron chi connectivity index (χ1n) is 8.75. The lowest BCUT2D eigenvalue weighted by atomic mass is 9.85. The molecular weight excluding hydrogens is 548 g/mol. The monoisotopic (exact) mass is 568 g/mol. The highest BCUT2D eigenvalue weighted by Crippen LogP contribution is 2.28. The van der Waals surface area contributed by atoms with Crippen LogP contribution < -0.4 is 0 Å². The molecule has 39 heavy (non-hydrogen) atoms. The maximum atomic E-state index is 11.6. The van der Waals surface area contributed by atoms with Crippen molar-refractivity contribution in [3.63, 3.8) is 0 Å². The summed E-state index contributed by atoms with van der Waals surface area (Å²) in [5, 5.41) is 99.7. The van der Waals surface area contributed by atoms with Crippen LogP contribution in [-0.4, -0.2) is 101 Å². The standard InChI is InChI=1S/C13H12N4O6.4CH2O3/c1-9(22-11(18)19)7-21-12(20)23-13(8-17,3-5-15)10(6-16)2-4-14;4*2-1(3)4/h9-10H,2-3,7H2,1H3,(H,18,19);4*(H2,2,3,4). The van der Waals surface area contributed by atoms with Gasteiger partial charge in [0.2, 0.25) is 5.60 Å². The summed E-state index contributed by atoms with van der Waals surface area (Å²) in [5.41, 5.74) is -2.16. The van der Waals surface area contributed by atoms with E-state index in [1.807, 2.05) is 0 Å². The van der Waals surface area contributed by atoms with Gasteiger partial charge >= 0.3 is 36.9 Å². The molecule has 0 aromatic rings.